The van der Waals surface area contributed by atoms with Crippen molar-refractivity contribution in [3.8, 4) is 0 Å². The van der Waals surface area contributed by atoms with Crippen LogP contribution < -0.4 is 11.1 Å². The van der Waals surface area contributed by atoms with Crippen molar-refractivity contribution in [2.75, 3.05) is 7.05 Å². The highest BCUT2D eigenvalue weighted by Gasteiger charge is 2.29. The second-order valence-electron chi connectivity index (χ2n) is 12.6. The van der Waals surface area contributed by atoms with Crippen molar-refractivity contribution in [3.63, 3.8) is 0 Å². The van der Waals surface area contributed by atoms with Crippen LogP contribution in [0.15, 0.2) is 96.3 Å². The smallest absolute Gasteiger partial charge is 0.0122 e. The normalized spacial score (nSPS) is 15.1. The summed E-state index contributed by atoms with van der Waals surface area (Å²) in [5.41, 5.74) is 13.6. The topological polar surface area (TPSA) is 38.0 Å². The molecule has 3 N–H and O–H groups in total. The van der Waals surface area contributed by atoms with Crippen molar-refractivity contribution in [3.05, 3.63) is 102 Å². The number of unbranched alkanes of at least 4 members (excludes halogenated alkanes) is 2. The fraction of sp³-hybridized carbons (Fsp3) is 0.625. The lowest BCUT2D eigenvalue weighted by Gasteiger charge is -2.36. The largest absolute Gasteiger partial charge is 0.402 e. The van der Waals surface area contributed by atoms with Gasteiger partial charge in [-0.1, -0.05) is 196 Å². The van der Waals surface area contributed by atoms with Gasteiger partial charge in [0.15, 0.2) is 0 Å². The van der Waals surface area contributed by atoms with E-state index in [9.17, 15) is 0 Å². The summed E-state index contributed by atoms with van der Waals surface area (Å²) in [6.07, 6.45) is 23.0. The van der Waals surface area contributed by atoms with Crippen LogP contribution in [0, 0.1) is 11.3 Å². The number of hydrogen-bond acceptors (Lipinski definition) is 2. The summed E-state index contributed by atoms with van der Waals surface area (Å²) < 4.78 is 0. The highest BCUT2D eigenvalue weighted by atomic mass is 14.9. The Balaban J connectivity index is -0.000000202. The van der Waals surface area contributed by atoms with E-state index in [-0.39, 0.29) is 0 Å². The Bertz CT molecular complexity index is 988. The molecule has 1 aromatic carbocycles. The number of benzene rings is 1. The quantitative estimate of drug-likeness (QED) is 0.169. The molecular formula is C48H90N2. The van der Waals surface area contributed by atoms with Gasteiger partial charge < -0.3 is 11.1 Å². The standard InChI is InChI=1S/C21H35N.C11H12.C8H19N.4C2H6/c1-7-8-9-10-11-18(17(3)22)14-19-15-20(21(4,5)6)13-12-16(19)2;1-3-10(4-2)11-8-6-5-7-9-11;1-4-6-8(9-3)7-5-2;4*1-2/h10-11,14,20H,2,7-9,12-13,15,22H2,1,3-6H3;3-9H,1H2,2H3;8-9H,4-7H2,1-3H3;4*1-2H3/b11-10+,18-17-,19-14-;10-4+;;;;;. The van der Waals surface area contributed by atoms with E-state index in [4.69, 9.17) is 5.73 Å². The van der Waals surface area contributed by atoms with Crippen LogP contribution in [0.5, 0.6) is 0 Å². The number of nitrogens with two attached hydrogens (primary N) is 1. The molecule has 0 bridgehead atoms. The van der Waals surface area contributed by atoms with Gasteiger partial charge in [-0.15, -0.1) is 0 Å². The number of rotatable bonds is 12. The first-order valence-electron chi connectivity index (χ1n) is 20.5. The van der Waals surface area contributed by atoms with Gasteiger partial charge in [0, 0.05) is 11.7 Å². The van der Waals surface area contributed by atoms with Crippen molar-refractivity contribution in [2.45, 2.75) is 181 Å². The van der Waals surface area contributed by atoms with Gasteiger partial charge in [-0.05, 0) is 99.1 Å². The first-order chi connectivity index (χ1) is 24.0. The highest BCUT2D eigenvalue weighted by Crippen LogP contribution is 2.42. The Labute approximate surface area is 317 Å². The SMILES string of the molecule is C=C/C(=C\C)c1ccccc1.C=C1CCC(C(C)(C)C)C/C1=C/C(/C=C/CCCC)=C(/C)N.CC.CC.CC.CC.CCCC(CCC)NC. The van der Waals surface area contributed by atoms with Crippen LogP contribution >= 0.6 is 0 Å². The molecule has 0 radical (unpaired) electrons. The summed E-state index contributed by atoms with van der Waals surface area (Å²) in [5, 5.41) is 3.30. The molecule has 0 amide bonds. The van der Waals surface area contributed by atoms with Crippen LogP contribution in [0.4, 0.5) is 0 Å². The first-order valence-corrected chi connectivity index (χ1v) is 20.5. The summed E-state index contributed by atoms with van der Waals surface area (Å²) in [5.74, 6) is 0.729. The van der Waals surface area contributed by atoms with E-state index < -0.39 is 0 Å². The van der Waals surface area contributed by atoms with E-state index in [0.29, 0.717) is 5.41 Å². The monoisotopic (exact) mass is 695 g/mol. The van der Waals surface area contributed by atoms with Gasteiger partial charge >= 0.3 is 0 Å². The van der Waals surface area contributed by atoms with Crippen molar-refractivity contribution in [1.82, 2.24) is 5.32 Å². The molecule has 0 heterocycles. The molecule has 2 rings (SSSR count). The fourth-order valence-electron chi connectivity index (χ4n) is 5.10. The van der Waals surface area contributed by atoms with Crippen molar-refractivity contribution >= 4 is 5.57 Å². The molecule has 1 unspecified atom stereocenters. The van der Waals surface area contributed by atoms with Gasteiger partial charge in [0.2, 0.25) is 0 Å². The predicted octanol–water partition coefficient (Wildman–Crippen LogP) is 15.8. The van der Waals surface area contributed by atoms with Crippen LogP contribution in [0.25, 0.3) is 5.57 Å². The minimum absolute atomic E-state index is 0.360. The zero-order chi connectivity index (χ0) is 40.0. The van der Waals surface area contributed by atoms with E-state index in [1.807, 2.05) is 93.5 Å². The van der Waals surface area contributed by atoms with Crippen LogP contribution in [-0.2, 0) is 0 Å². The maximum atomic E-state index is 6.09. The molecule has 0 spiro atoms. The summed E-state index contributed by atoms with van der Waals surface area (Å²) in [6.45, 7) is 41.8. The van der Waals surface area contributed by atoms with Gasteiger partial charge in [0.05, 0.1) is 0 Å². The van der Waals surface area contributed by atoms with E-state index in [0.717, 1.165) is 42.5 Å². The van der Waals surface area contributed by atoms with Crippen molar-refractivity contribution < 1.29 is 0 Å². The maximum Gasteiger partial charge on any atom is 0.0122 e. The van der Waals surface area contributed by atoms with Gasteiger partial charge in [-0.3, -0.25) is 0 Å². The molecule has 1 fully saturated rings. The molecule has 1 aromatic rings. The molecular weight excluding hydrogens is 605 g/mol. The summed E-state index contributed by atoms with van der Waals surface area (Å²) in [7, 11) is 2.05. The Kier molecular flexibility index (Phi) is 46.4. The number of nitrogens with one attached hydrogen (secondary N) is 1. The van der Waals surface area contributed by atoms with E-state index in [2.05, 4.69) is 104 Å². The second kappa shape index (κ2) is 40.8. The number of allylic oxidation sites excluding steroid dienone is 10. The van der Waals surface area contributed by atoms with Gasteiger partial charge in [-0.25, -0.2) is 0 Å². The zero-order valence-electron chi connectivity index (χ0n) is 37.0. The molecule has 1 saturated carbocycles. The molecule has 50 heavy (non-hydrogen) atoms. The lowest BCUT2D eigenvalue weighted by molar-refractivity contribution is 0.215. The third kappa shape index (κ3) is 30.3. The highest BCUT2D eigenvalue weighted by molar-refractivity contribution is 5.72. The van der Waals surface area contributed by atoms with Crippen LogP contribution in [0.3, 0.4) is 0 Å². The molecule has 0 saturated heterocycles. The average molecular weight is 695 g/mol. The molecule has 1 atom stereocenters. The van der Waals surface area contributed by atoms with Crippen LogP contribution in [-0.4, -0.2) is 13.1 Å². The maximum absolute atomic E-state index is 6.09. The van der Waals surface area contributed by atoms with Gasteiger partial charge in [-0.2, -0.15) is 0 Å². The van der Waals surface area contributed by atoms with Crippen LogP contribution in [0.2, 0.25) is 0 Å². The molecule has 0 aliphatic heterocycles. The zero-order valence-corrected chi connectivity index (χ0v) is 37.0. The molecule has 2 nitrogen and oxygen atoms in total. The lowest BCUT2D eigenvalue weighted by atomic mass is 9.69. The lowest BCUT2D eigenvalue weighted by Crippen LogP contribution is -2.24. The Morgan fingerprint density at radius 2 is 1.44 bits per heavy atom. The summed E-state index contributed by atoms with van der Waals surface area (Å²) >= 11 is 0. The third-order valence-corrected chi connectivity index (χ3v) is 8.07. The summed E-state index contributed by atoms with van der Waals surface area (Å²) in [4.78, 5) is 0. The van der Waals surface area contributed by atoms with Crippen molar-refractivity contribution in [1.29, 1.82) is 0 Å². The van der Waals surface area contributed by atoms with E-state index in [1.165, 1.54) is 67.2 Å². The Hall–Kier alpha value is -2.58. The summed E-state index contributed by atoms with van der Waals surface area (Å²) in [6, 6.07) is 11.0. The second-order valence-corrected chi connectivity index (χ2v) is 12.6. The molecule has 1 aliphatic rings. The predicted molar refractivity (Wildman–Crippen MR) is 238 cm³/mol. The first kappa shape index (κ1) is 56.8. The van der Waals surface area contributed by atoms with E-state index >= 15 is 0 Å². The van der Waals surface area contributed by atoms with Crippen molar-refractivity contribution in [2.24, 2.45) is 17.1 Å². The number of hydrogen-bond donors (Lipinski definition) is 2. The fourth-order valence-corrected chi connectivity index (χ4v) is 5.10. The molecule has 292 valence electrons. The van der Waals surface area contributed by atoms with Gasteiger partial charge in [0.25, 0.3) is 0 Å². The average Bonchev–Trinajstić information content (AvgIpc) is 3.14. The Morgan fingerprint density at radius 1 is 0.920 bits per heavy atom. The minimum Gasteiger partial charge on any atom is -0.402 e. The van der Waals surface area contributed by atoms with Gasteiger partial charge in [0.1, 0.15) is 0 Å². The molecule has 0 aromatic heterocycles. The van der Waals surface area contributed by atoms with Crippen LogP contribution in [0.1, 0.15) is 181 Å². The van der Waals surface area contributed by atoms with E-state index in [1.54, 1.807) is 0 Å². The molecule has 1 aliphatic carbocycles. The third-order valence-electron chi connectivity index (χ3n) is 8.07. The molecule has 2 heteroatoms. The minimum atomic E-state index is 0.360. The Morgan fingerprint density at radius 3 is 1.82 bits per heavy atom.